The Morgan fingerprint density at radius 1 is 1.10 bits per heavy atom. The predicted octanol–water partition coefficient (Wildman–Crippen LogP) is 2.04. The molecule has 9 nitrogen and oxygen atoms in total. The molecule has 3 aliphatic rings. The highest BCUT2D eigenvalue weighted by molar-refractivity contribution is 5.61. The van der Waals surface area contributed by atoms with E-state index in [1.54, 1.807) is 12.7 Å². The van der Waals surface area contributed by atoms with Crippen LogP contribution in [0.3, 0.4) is 0 Å². The lowest BCUT2D eigenvalue weighted by molar-refractivity contribution is 0.200. The van der Waals surface area contributed by atoms with Crippen LogP contribution in [-0.2, 0) is 13.1 Å². The van der Waals surface area contributed by atoms with Crippen molar-refractivity contribution in [2.45, 2.75) is 44.5 Å². The lowest BCUT2D eigenvalue weighted by atomic mass is 10.0. The number of anilines is 2. The summed E-state index contributed by atoms with van der Waals surface area (Å²) in [7, 11) is 0. The van der Waals surface area contributed by atoms with Crippen LogP contribution in [0.4, 0.5) is 11.5 Å². The van der Waals surface area contributed by atoms with Gasteiger partial charge in [-0.2, -0.15) is 5.10 Å². The summed E-state index contributed by atoms with van der Waals surface area (Å²) >= 11 is 0. The number of fused-ring (bicyclic) bond motifs is 2. The van der Waals surface area contributed by atoms with Crippen molar-refractivity contribution in [2.24, 2.45) is 0 Å². The number of hydrazine groups is 1. The van der Waals surface area contributed by atoms with Crippen molar-refractivity contribution < 1.29 is 4.74 Å². The van der Waals surface area contributed by atoms with Gasteiger partial charge >= 0.3 is 0 Å². The molecule has 0 radical (unpaired) electrons. The average molecular weight is 390 g/mol. The van der Waals surface area contributed by atoms with Crippen LogP contribution in [0.5, 0.6) is 5.75 Å². The molecule has 0 amide bonds. The van der Waals surface area contributed by atoms with E-state index in [4.69, 9.17) is 4.74 Å². The van der Waals surface area contributed by atoms with Crippen molar-refractivity contribution >= 4 is 11.5 Å². The largest absolute Gasteiger partial charge is 0.488 e. The van der Waals surface area contributed by atoms with Gasteiger partial charge in [-0.15, -0.1) is 0 Å². The van der Waals surface area contributed by atoms with Gasteiger partial charge in [0.2, 0.25) is 0 Å². The number of hydrogen-bond acceptors (Lipinski definition) is 8. The quantitative estimate of drug-likeness (QED) is 0.699. The van der Waals surface area contributed by atoms with E-state index in [0.717, 1.165) is 60.3 Å². The minimum absolute atomic E-state index is 0.0000987. The van der Waals surface area contributed by atoms with Crippen LogP contribution in [0.2, 0.25) is 0 Å². The Bertz CT molecular complexity index is 1080. The van der Waals surface area contributed by atoms with E-state index in [9.17, 15) is 0 Å². The number of rotatable bonds is 4. The Hall–Kier alpha value is -3.20. The SMILES string of the molecule is CC1(Oc2ccc3c(c2)[C@H](c2cc(N4CCn5ncnc5C4)ncn2)NN3)CC1. The molecule has 6 rings (SSSR count). The van der Waals surface area contributed by atoms with Crippen molar-refractivity contribution in [3.63, 3.8) is 0 Å². The Balaban J connectivity index is 1.28. The number of ether oxygens (including phenoxy) is 1. The second-order valence-electron chi connectivity index (χ2n) is 8.13. The van der Waals surface area contributed by atoms with E-state index in [1.165, 1.54) is 0 Å². The molecule has 1 saturated carbocycles. The summed E-state index contributed by atoms with van der Waals surface area (Å²) in [5, 5.41) is 4.24. The Morgan fingerprint density at radius 2 is 2.03 bits per heavy atom. The minimum Gasteiger partial charge on any atom is -0.488 e. The van der Waals surface area contributed by atoms with E-state index < -0.39 is 0 Å². The van der Waals surface area contributed by atoms with Crippen LogP contribution >= 0.6 is 0 Å². The second-order valence-corrected chi connectivity index (χ2v) is 8.13. The molecular formula is C20H22N8O. The first-order valence-corrected chi connectivity index (χ1v) is 9.95. The fraction of sp³-hybridized carbons (Fsp3) is 0.400. The van der Waals surface area contributed by atoms with Gasteiger partial charge in [-0.25, -0.2) is 25.1 Å². The van der Waals surface area contributed by atoms with Gasteiger partial charge in [0.1, 0.15) is 35.6 Å². The molecule has 2 N–H and O–H groups in total. The number of benzene rings is 1. The molecule has 4 heterocycles. The molecular weight excluding hydrogens is 368 g/mol. The van der Waals surface area contributed by atoms with Gasteiger partial charge in [-0.3, -0.25) is 0 Å². The maximum atomic E-state index is 6.16. The third-order valence-corrected chi connectivity index (χ3v) is 5.91. The third-order valence-electron chi connectivity index (χ3n) is 5.91. The van der Waals surface area contributed by atoms with Crippen molar-refractivity contribution in [1.82, 2.24) is 30.2 Å². The van der Waals surface area contributed by atoms with E-state index in [0.29, 0.717) is 6.54 Å². The zero-order chi connectivity index (χ0) is 19.4. The summed E-state index contributed by atoms with van der Waals surface area (Å²) in [5.74, 6) is 2.76. The van der Waals surface area contributed by atoms with Crippen LogP contribution in [-0.4, -0.2) is 36.9 Å². The average Bonchev–Trinajstić information content (AvgIpc) is 3.15. The first kappa shape index (κ1) is 16.7. The molecule has 29 heavy (non-hydrogen) atoms. The topological polar surface area (TPSA) is 93.0 Å². The Kier molecular flexibility index (Phi) is 3.55. The highest BCUT2D eigenvalue weighted by Gasteiger charge is 2.40. The fourth-order valence-corrected chi connectivity index (χ4v) is 3.93. The highest BCUT2D eigenvalue weighted by atomic mass is 16.5. The summed E-state index contributed by atoms with van der Waals surface area (Å²) < 4.78 is 8.10. The fourth-order valence-electron chi connectivity index (χ4n) is 3.93. The summed E-state index contributed by atoms with van der Waals surface area (Å²) in [5.41, 5.74) is 9.71. The first-order valence-electron chi connectivity index (χ1n) is 9.95. The molecule has 1 fully saturated rings. The molecule has 0 spiro atoms. The molecule has 1 aliphatic carbocycles. The lowest BCUT2D eigenvalue weighted by Crippen LogP contribution is -2.35. The molecule has 148 valence electrons. The van der Waals surface area contributed by atoms with Crippen molar-refractivity contribution in [2.75, 3.05) is 16.9 Å². The number of hydrogen-bond donors (Lipinski definition) is 2. The smallest absolute Gasteiger partial charge is 0.146 e. The monoisotopic (exact) mass is 390 g/mol. The highest BCUT2D eigenvalue weighted by Crippen LogP contribution is 2.42. The van der Waals surface area contributed by atoms with Gasteiger partial charge in [-0.1, -0.05) is 0 Å². The van der Waals surface area contributed by atoms with Crippen LogP contribution in [0.25, 0.3) is 0 Å². The molecule has 0 unspecified atom stereocenters. The Labute approximate surface area is 168 Å². The normalized spacial score (nSPS) is 21.3. The zero-order valence-corrected chi connectivity index (χ0v) is 16.2. The standard InChI is InChI=1S/C20H22N8O/c1-20(4-5-20)29-13-2-3-15-14(8-13)19(26-25-15)16-9-17(22-11-21-16)27-6-7-28-18(10-27)23-12-24-28/h2-3,8-9,11-12,19,25-26H,4-7,10H2,1H3/t19-/m1/s1. The summed E-state index contributed by atoms with van der Waals surface area (Å²) in [6.07, 6.45) is 5.47. The van der Waals surface area contributed by atoms with E-state index in [2.05, 4.69) is 60.9 Å². The molecule has 0 bridgehead atoms. The van der Waals surface area contributed by atoms with Crippen molar-refractivity contribution in [3.05, 3.63) is 54.0 Å². The van der Waals surface area contributed by atoms with Crippen LogP contribution < -0.4 is 20.5 Å². The van der Waals surface area contributed by atoms with E-state index in [1.807, 2.05) is 10.7 Å². The summed E-state index contributed by atoms with van der Waals surface area (Å²) in [6.45, 7) is 4.50. The number of nitrogens with one attached hydrogen (secondary N) is 2. The van der Waals surface area contributed by atoms with Crippen molar-refractivity contribution in [1.29, 1.82) is 0 Å². The maximum absolute atomic E-state index is 6.16. The molecule has 3 aromatic rings. The van der Waals surface area contributed by atoms with Gasteiger partial charge in [-0.05, 0) is 38.0 Å². The molecule has 9 heteroatoms. The first-order chi connectivity index (χ1) is 14.2. The van der Waals surface area contributed by atoms with Crippen LogP contribution in [0.15, 0.2) is 36.9 Å². The molecule has 2 aromatic heterocycles. The summed E-state index contributed by atoms with van der Waals surface area (Å²) in [6, 6.07) is 8.19. The number of aromatic nitrogens is 5. The minimum atomic E-state index is -0.0595. The van der Waals surface area contributed by atoms with E-state index >= 15 is 0 Å². The van der Waals surface area contributed by atoms with Gasteiger partial charge in [0.15, 0.2) is 0 Å². The zero-order valence-electron chi connectivity index (χ0n) is 16.2. The van der Waals surface area contributed by atoms with Crippen LogP contribution in [0, 0.1) is 0 Å². The van der Waals surface area contributed by atoms with Gasteiger partial charge in [0, 0.05) is 18.2 Å². The van der Waals surface area contributed by atoms with Crippen LogP contribution in [0.1, 0.15) is 42.9 Å². The lowest BCUT2D eigenvalue weighted by Gasteiger charge is -2.28. The molecule has 1 aromatic carbocycles. The van der Waals surface area contributed by atoms with Gasteiger partial charge < -0.3 is 15.1 Å². The second kappa shape index (κ2) is 6.15. The van der Waals surface area contributed by atoms with E-state index in [-0.39, 0.29) is 11.6 Å². The van der Waals surface area contributed by atoms with Crippen molar-refractivity contribution in [3.8, 4) is 5.75 Å². The third kappa shape index (κ3) is 2.98. The Morgan fingerprint density at radius 3 is 2.93 bits per heavy atom. The number of nitrogens with zero attached hydrogens (tertiary/aromatic N) is 6. The maximum Gasteiger partial charge on any atom is 0.146 e. The summed E-state index contributed by atoms with van der Waals surface area (Å²) in [4.78, 5) is 15.6. The van der Waals surface area contributed by atoms with Gasteiger partial charge in [0.25, 0.3) is 0 Å². The predicted molar refractivity (Wildman–Crippen MR) is 106 cm³/mol. The molecule has 0 saturated heterocycles. The van der Waals surface area contributed by atoms with Gasteiger partial charge in [0.05, 0.1) is 30.5 Å². The molecule has 2 aliphatic heterocycles. The molecule has 1 atom stereocenters.